The number of ether oxygens (including phenoxy) is 2. The molecule has 0 saturated heterocycles. The van der Waals surface area contributed by atoms with Gasteiger partial charge < -0.3 is 15.2 Å². The van der Waals surface area contributed by atoms with Gasteiger partial charge in [0.1, 0.15) is 17.6 Å². The summed E-state index contributed by atoms with van der Waals surface area (Å²) in [5.74, 6) is 1.47. The lowest BCUT2D eigenvalue weighted by molar-refractivity contribution is 0.439. The summed E-state index contributed by atoms with van der Waals surface area (Å²) in [4.78, 5) is 16.5. The van der Waals surface area contributed by atoms with Crippen molar-refractivity contribution in [2.45, 2.75) is 0 Å². The second-order valence-corrected chi connectivity index (χ2v) is 5.12. The number of hydrogen-bond acceptors (Lipinski definition) is 7. The molecule has 4 rings (SSSR count). The molecule has 2 N–H and O–H groups in total. The first-order valence-electron chi connectivity index (χ1n) is 7.51. The fourth-order valence-electron chi connectivity index (χ4n) is 2.31. The molecule has 7 heteroatoms. The zero-order valence-electron chi connectivity index (χ0n) is 13.0. The van der Waals surface area contributed by atoms with Gasteiger partial charge in [-0.3, -0.25) is 9.97 Å². The van der Waals surface area contributed by atoms with Crippen molar-refractivity contribution in [2.24, 2.45) is 0 Å². The average molecular weight is 331 g/mol. The molecule has 25 heavy (non-hydrogen) atoms. The minimum absolute atomic E-state index is 0.194. The molecule has 0 radical (unpaired) electrons. The van der Waals surface area contributed by atoms with Crippen LogP contribution in [0, 0.1) is 0 Å². The first-order chi connectivity index (χ1) is 12.3. The normalized spacial score (nSPS) is 10.6. The Morgan fingerprint density at radius 3 is 2.44 bits per heavy atom. The lowest BCUT2D eigenvalue weighted by atomic mass is 10.2. The molecule has 0 aliphatic heterocycles. The van der Waals surface area contributed by atoms with Crippen LogP contribution in [0.25, 0.3) is 10.9 Å². The molecule has 0 unspecified atom stereocenters. The minimum atomic E-state index is 0.194. The van der Waals surface area contributed by atoms with Gasteiger partial charge in [0.25, 0.3) is 0 Å². The van der Waals surface area contributed by atoms with Gasteiger partial charge in [-0.15, -0.1) is 0 Å². The highest BCUT2D eigenvalue weighted by Gasteiger charge is 2.14. The van der Waals surface area contributed by atoms with Crippen LogP contribution in [-0.4, -0.2) is 19.9 Å². The smallest absolute Gasteiger partial charge is 0.249 e. The Hall–Kier alpha value is -3.74. The van der Waals surface area contributed by atoms with E-state index < -0.39 is 0 Å². The lowest BCUT2D eigenvalue weighted by Gasteiger charge is -2.11. The zero-order chi connectivity index (χ0) is 17.1. The maximum absolute atomic E-state index is 6.11. The second-order valence-electron chi connectivity index (χ2n) is 5.12. The fraction of sp³-hybridized carbons (Fsp3) is 0. The highest BCUT2D eigenvalue weighted by atomic mass is 16.5. The van der Waals surface area contributed by atoms with Crippen LogP contribution in [0.5, 0.6) is 23.3 Å². The number of aromatic nitrogens is 4. The maximum atomic E-state index is 6.11. The number of para-hydroxylation sites is 1. The van der Waals surface area contributed by atoms with Crippen LogP contribution < -0.4 is 15.2 Å². The van der Waals surface area contributed by atoms with Crippen molar-refractivity contribution in [2.75, 3.05) is 5.73 Å². The van der Waals surface area contributed by atoms with E-state index in [1.54, 1.807) is 36.8 Å². The van der Waals surface area contributed by atoms with Crippen molar-refractivity contribution < 1.29 is 9.47 Å². The van der Waals surface area contributed by atoms with Crippen LogP contribution in [0.3, 0.4) is 0 Å². The van der Waals surface area contributed by atoms with Crippen molar-refractivity contribution in [1.29, 1.82) is 0 Å². The van der Waals surface area contributed by atoms with Crippen molar-refractivity contribution in [3.8, 4) is 23.3 Å². The number of benzene rings is 1. The van der Waals surface area contributed by atoms with Gasteiger partial charge in [0.15, 0.2) is 11.4 Å². The van der Waals surface area contributed by atoms with Crippen LogP contribution >= 0.6 is 0 Å². The number of nitrogen functional groups attached to an aromatic ring is 1. The third-order valence-corrected chi connectivity index (χ3v) is 3.46. The molecule has 7 nitrogen and oxygen atoms in total. The van der Waals surface area contributed by atoms with Crippen molar-refractivity contribution in [3.05, 3.63) is 67.4 Å². The number of fused-ring (bicyclic) bond motifs is 1. The number of anilines is 1. The Balaban J connectivity index is 1.68. The first kappa shape index (κ1) is 14.8. The largest absolute Gasteiger partial charge is 0.435 e. The number of pyridine rings is 2. The number of nitrogens with two attached hydrogens (primary N) is 1. The van der Waals surface area contributed by atoms with Crippen molar-refractivity contribution >= 4 is 16.6 Å². The van der Waals surface area contributed by atoms with E-state index in [0.717, 1.165) is 10.9 Å². The van der Waals surface area contributed by atoms with E-state index in [2.05, 4.69) is 19.9 Å². The number of nitrogens with zero attached hydrogens (tertiary/aromatic N) is 4. The molecule has 4 aromatic rings. The SMILES string of the molecule is Nc1c(Oc2cccnc2)ncnc1Oc1cccc2cccnc12. The Morgan fingerprint density at radius 2 is 1.60 bits per heavy atom. The van der Waals surface area contributed by atoms with E-state index in [-0.39, 0.29) is 17.4 Å². The van der Waals surface area contributed by atoms with E-state index in [1.807, 2.05) is 24.3 Å². The highest BCUT2D eigenvalue weighted by molar-refractivity contribution is 5.84. The maximum Gasteiger partial charge on any atom is 0.249 e. The van der Waals surface area contributed by atoms with Crippen LogP contribution in [0.4, 0.5) is 5.69 Å². The van der Waals surface area contributed by atoms with Gasteiger partial charge in [0.2, 0.25) is 11.8 Å². The Morgan fingerprint density at radius 1 is 0.800 bits per heavy atom. The molecule has 3 aromatic heterocycles. The fourth-order valence-corrected chi connectivity index (χ4v) is 2.31. The third kappa shape index (κ3) is 3.02. The molecule has 0 bridgehead atoms. The monoisotopic (exact) mass is 331 g/mol. The summed E-state index contributed by atoms with van der Waals surface area (Å²) in [5, 5.41) is 0.958. The molecule has 0 aliphatic carbocycles. The molecule has 1 aromatic carbocycles. The first-order valence-corrected chi connectivity index (χ1v) is 7.51. The molecule has 0 spiro atoms. The van der Waals surface area contributed by atoms with Gasteiger partial charge in [-0.1, -0.05) is 18.2 Å². The van der Waals surface area contributed by atoms with Crippen LogP contribution in [0.15, 0.2) is 67.4 Å². The van der Waals surface area contributed by atoms with Gasteiger partial charge in [-0.2, -0.15) is 9.97 Å². The van der Waals surface area contributed by atoms with Gasteiger partial charge in [0, 0.05) is 17.8 Å². The molecule has 0 aliphatic rings. The van der Waals surface area contributed by atoms with E-state index >= 15 is 0 Å². The van der Waals surface area contributed by atoms with Gasteiger partial charge in [0.05, 0.1) is 6.20 Å². The minimum Gasteiger partial charge on any atom is -0.435 e. The summed E-state index contributed by atoms with van der Waals surface area (Å²) in [5.41, 5.74) is 7.02. The summed E-state index contributed by atoms with van der Waals surface area (Å²) in [6.07, 6.45) is 6.25. The second kappa shape index (κ2) is 6.40. The molecular weight excluding hydrogens is 318 g/mol. The predicted molar refractivity (Wildman–Crippen MR) is 92.6 cm³/mol. The Labute approximate surface area is 143 Å². The van der Waals surface area contributed by atoms with E-state index in [4.69, 9.17) is 15.2 Å². The zero-order valence-corrected chi connectivity index (χ0v) is 13.0. The van der Waals surface area contributed by atoms with Crippen LogP contribution in [-0.2, 0) is 0 Å². The molecule has 0 saturated carbocycles. The topological polar surface area (TPSA) is 96.0 Å². The molecule has 122 valence electrons. The molecule has 0 fully saturated rings. The van der Waals surface area contributed by atoms with E-state index in [0.29, 0.717) is 11.5 Å². The van der Waals surface area contributed by atoms with Gasteiger partial charge in [-0.25, -0.2) is 0 Å². The van der Waals surface area contributed by atoms with Gasteiger partial charge >= 0.3 is 0 Å². The average Bonchev–Trinajstić information content (AvgIpc) is 2.66. The molecular formula is C18H13N5O2. The van der Waals surface area contributed by atoms with Gasteiger partial charge in [-0.05, 0) is 24.3 Å². The summed E-state index contributed by atoms with van der Waals surface area (Å²) >= 11 is 0. The summed E-state index contributed by atoms with van der Waals surface area (Å²) < 4.78 is 11.5. The lowest BCUT2D eigenvalue weighted by Crippen LogP contribution is -2.01. The Kier molecular flexibility index (Phi) is 3.80. The highest BCUT2D eigenvalue weighted by Crippen LogP contribution is 2.34. The van der Waals surface area contributed by atoms with Crippen LogP contribution in [0.1, 0.15) is 0 Å². The van der Waals surface area contributed by atoms with Crippen molar-refractivity contribution in [3.63, 3.8) is 0 Å². The quantitative estimate of drug-likeness (QED) is 0.610. The van der Waals surface area contributed by atoms with Crippen molar-refractivity contribution in [1.82, 2.24) is 19.9 Å². The molecule has 0 amide bonds. The summed E-state index contributed by atoms with van der Waals surface area (Å²) in [6.45, 7) is 0. The standard InChI is InChI=1S/C18H13N5O2/c19-15-17(24-13-6-3-8-20-10-13)22-11-23-18(15)25-14-7-1-4-12-5-2-9-21-16(12)14/h1-11H,19H2. The summed E-state index contributed by atoms with van der Waals surface area (Å²) in [6, 6.07) is 13.0. The third-order valence-electron chi connectivity index (χ3n) is 3.46. The van der Waals surface area contributed by atoms with E-state index in [1.165, 1.54) is 6.33 Å². The van der Waals surface area contributed by atoms with Crippen LogP contribution in [0.2, 0.25) is 0 Å². The number of hydrogen-bond donors (Lipinski definition) is 1. The molecule has 3 heterocycles. The Bertz CT molecular complexity index is 1020. The number of rotatable bonds is 4. The van der Waals surface area contributed by atoms with E-state index in [9.17, 15) is 0 Å². The predicted octanol–water partition coefficient (Wildman–Crippen LogP) is 3.59. The molecule has 0 atom stereocenters. The summed E-state index contributed by atoms with van der Waals surface area (Å²) in [7, 11) is 0.